The lowest BCUT2D eigenvalue weighted by molar-refractivity contribution is 0.102. The van der Waals surface area contributed by atoms with E-state index < -0.39 is 15.6 Å². The van der Waals surface area contributed by atoms with E-state index in [2.05, 4.69) is 0 Å². The summed E-state index contributed by atoms with van der Waals surface area (Å²) in [5, 5.41) is 1.76. The number of thiophene rings is 1. The summed E-state index contributed by atoms with van der Waals surface area (Å²) in [7, 11) is -3.28. The fourth-order valence-corrected chi connectivity index (χ4v) is 3.35. The Bertz CT molecular complexity index is 423. The zero-order chi connectivity index (χ0) is 12.0. The summed E-state index contributed by atoms with van der Waals surface area (Å²) in [6.07, 6.45) is 1.20. The highest BCUT2D eigenvalue weighted by Crippen LogP contribution is 2.11. The molecule has 1 heterocycles. The molecule has 0 aromatic carbocycles. The molecular weight excluding hydrogens is 246 g/mol. The molecular formula is C10H15NO3S2. The highest BCUT2D eigenvalue weighted by Gasteiger charge is 2.18. The Balaban J connectivity index is 2.50. The van der Waals surface area contributed by atoms with Crippen LogP contribution in [0, 0.1) is 0 Å². The number of unbranched alkanes of at least 4 members (excludes halogenated alkanes) is 1. The average Bonchev–Trinajstić information content (AvgIpc) is 2.69. The molecule has 0 saturated carbocycles. The van der Waals surface area contributed by atoms with E-state index in [0.29, 0.717) is 24.3 Å². The molecule has 0 aliphatic carbocycles. The van der Waals surface area contributed by atoms with E-state index >= 15 is 0 Å². The molecule has 0 radical (unpaired) electrons. The van der Waals surface area contributed by atoms with Crippen LogP contribution in [0.25, 0.3) is 0 Å². The lowest BCUT2D eigenvalue weighted by Gasteiger charge is -2.01. The molecule has 0 unspecified atom stereocenters. The number of sulfone groups is 1. The van der Waals surface area contributed by atoms with Crippen LogP contribution in [0.5, 0.6) is 0 Å². The summed E-state index contributed by atoms with van der Waals surface area (Å²) in [5.41, 5.74) is 5.28. The molecule has 0 amide bonds. The zero-order valence-electron chi connectivity index (χ0n) is 8.89. The van der Waals surface area contributed by atoms with Gasteiger partial charge in [-0.25, -0.2) is 8.42 Å². The number of ketones is 1. The van der Waals surface area contributed by atoms with Crippen LogP contribution in [0.4, 0.5) is 0 Å². The van der Waals surface area contributed by atoms with Crippen molar-refractivity contribution in [1.82, 2.24) is 0 Å². The summed E-state index contributed by atoms with van der Waals surface area (Å²) >= 11 is 1.27. The number of carbonyl (C=O) groups is 1. The first-order valence-corrected chi connectivity index (χ1v) is 7.72. The number of hydrogen-bond donors (Lipinski definition) is 1. The van der Waals surface area contributed by atoms with Gasteiger partial charge in [0.05, 0.1) is 10.6 Å². The molecule has 1 aromatic heterocycles. The highest BCUT2D eigenvalue weighted by molar-refractivity contribution is 7.92. The molecule has 2 N–H and O–H groups in total. The van der Waals surface area contributed by atoms with Gasteiger partial charge < -0.3 is 5.73 Å². The summed E-state index contributed by atoms with van der Waals surface area (Å²) in [6, 6.07) is 3.38. The molecule has 16 heavy (non-hydrogen) atoms. The van der Waals surface area contributed by atoms with Crippen LogP contribution in [0.3, 0.4) is 0 Å². The first-order chi connectivity index (χ1) is 7.55. The number of rotatable bonds is 7. The number of Topliss-reactive ketones (excluding diaryl/α,β-unsaturated/α-hetero) is 1. The molecule has 0 aliphatic rings. The quantitative estimate of drug-likeness (QED) is 0.588. The average molecular weight is 261 g/mol. The van der Waals surface area contributed by atoms with E-state index in [1.165, 1.54) is 11.3 Å². The Morgan fingerprint density at radius 3 is 2.69 bits per heavy atom. The molecule has 1 rings (SSSR count). The number of carbonyl (C=O) groups excluding carboxylic acids is 1. The summed E-state index contributed by atoms with van der Waals surface area (Å²) in [4.78, 5) is 12.1. The van der Waals surface area contributed by atoms with E-state index in [1.54, 1.807) is 17.5 Å². The third kappa shape index (κ3) is 4.42. The predicted molar refractivity (Wildman–Crippen MR) is 65.6 cm³/mol. The zero-order valence-corrected chi connectivity index (χ0v) is 10.5. The van der Waals surface area contributed by atoms with Gasteiger partial charge in [0, 0.05) is 0 Å². The smallest absolute Gasteiger partial charge is 0.187 e. The summed E-state index contributed by atoms with van der Waals surface area (Å²) in [6.45, 7) is 0.481. The molecule has 1 aromatic rings. The Hall–Kier alpha value is -0.720. The predicted octanol–water partition coefficient (Wildman–Crippen LogP) is 1.08. The lowest BCUT2D eigenvalue weighted by atomic mass is 10.3. The Morgan fingerprint density at radius 1 is 1.38 bits per heavy atom. The van der Waals surface area contributed by atoms with E-state index in [4.69, 9.17) is 5.73 Å². The van der Waals surface area contributed by atoms with Crippen LogP contribution < -0.4 is 5.73 Å². The van der Waals surface area contributed by atoms with E-state index in [-0.39, 0.29) is 11.5 Å². The molecule has 0 atom stereocenters. The molecule has 90 valence electrons. The lowest BCUT2D eigenvalue weighted by Crippen LogP contribution is -2.19. The number of nitrogens with two attached hydrogens (primary N) is 1. The standard InChI is InChI=1S/C10H15NO3S2/c11-5-1-2-7-16(13,14)8-9(12)10-4-3-6-15-10/h3-4,6H,1-2,5,7-8,11H2. The van der Waals surface area contributed by atoms with Gasteiger partial charge in [-0.2, -0.15) is 0 Å². The van der Waals surface area contributed by atoms with Gasteiger partial charge in [0.1, 0.15) is 5.75 Å². The molecule has 0 spiro atoms. The second kappa shape index (κ2) is 6.12. The van der Waals surface area contributed by atoms with Gasteiger partial charge >= 0.3 is 0 Å². The van der Waals surface area contributed by atoms with Crippen LogP contribution in [0.1, 0.15) is 22.5 Å². The monoisotopic (exact) mass is 261 g/mol. The maximum absolute atomic E-state index is 11.6. The van der Waals surface area contributed by atoms with Crippen LogP contribution in [-0.2, 0) is 9.84 Å². The third-order valence-electron chi connectivity index (χ3n) is 2.06. The third-order valence-corrected chi connectivity index (χ3v) is 4.58. The van der Waals surface area contributed by atoms with Crippen LogP contribution >= 0.6 is 11.3 Å². The van der Waals surface area contributed by atoms with Crippen molar-refractivity contribution in [3.05, 3.63) is 22.4 Å². The molecule has 0 aliphatic heterocycles. The summed E-state index contributed by atoms with van der Waals surface area (Å²) < 4.78 is 23.1. The largest absolute Gasteiger partial charge is 0.330 e. The molecule has 0 saturated heterocycles. The Labute approximate surface area is 99.4 Å². The highest BCUT2D eigenvalue weighted by atomic mass is 32.2. The van der Waals surface area contributed by atoms with E-state index in [0.717, 1.165) is 0 Å². The van der Waals surface area contributed by atoms with Crippen LogP contribution in [-0.4, -0.2) is 32.3 Å². The van der Waals surface area contributed by atoms with Crippen molar-refractivity contribution in [3.63, 3.8) is 0 Å². The van der Waals surface area contributed by atoms with Gasteiger partial charge in [-0.05, 0) is 30.8 Å². The van der Waals surface area contributed by atoms with Crippen molar-refractivity contribution in [2.75, 3.05) is 18.1 Å². The first kappa shape index (κ1) is 13.3. The van der Waals surface area contributed by atoms with Gasteiger partial charge in [-0.15, -0.1) is 11.3 Å². The minimum absolute atomic E-state index is 0.0430. The van der Waals surface area contributed by atoms with E-state index in [9.17, 15) is 13.2 Å². The fourth-order valence-electron chi connectivity index (χ4n) is 1.25. The topological polar surface area (TPSA) is 77.2 Å². The molecule has 0 bridgehead atoms. The van der Waals surface area contributed by atoms with Gasteiger partial charge in [-0.1, -0.05) is 6.07 Å². The molecule has 0 fully saturated rings. The van der Waals surface area contributed by atoms with Gasteiger partial charge in [0.15, 0.2) is 15.6 Å². The van der Waals surface area contributed by atoms with Crippen molar-refractivity contribution in [2.45, 2.75) is 12.8 Å². The molecule has 6 heteroatoms. The first-order valence-electron chi connectivity index (χ1n) is 5.02. The van der Waals surface area contributed by atoms with Crippen molar-refractivity contribution < 1.29 is 13.2 Å². The van der Waals surface area contributed by atoms with Crippen LogP contribution in [0.2, 0.25) is 0 Å². The Morgan fingerprint density at radius 2 is 2.12 bits per heavy atom. The maximum atomic E-state index is 11.6. The SMILES string of the molecule is NCCCCS(=O)(=O)CC(=O)c1cccs1. The minimum Gasteiger partial charge on any atom is -0.330 e. The van der Waals surface area contributed by atoms with Crippen molar-refractivity contribution >= 4 is 27.0 Å². The summed E-state index contributed by atoms with van der Waals surface area (Å²) in [5.74, 6) is -0.665. The molecule has 4 nitrogen and oxygen atoms in total. The Kier molecular flexibility index (Phi) is 5.11. The minimum atomic E-state index is -3.28. The van der Waals surface area contributed by atoms with Crippen molar-refractivity contribution in [2.24, 2.45) is 5.73 Å². The van der Waals surface area contributed by atoms with Gasteiger partial charge in [0.25, 0.3) is 0 Å². The van der Waals surface area contributed by atoms with Gasteiger partial charge in [-0.3, -0.25) is 4.79 Å². The van der Waals surface area contributed by atoms with Crippen molar-refractivity contribution in [3.8, 4) is 0 Å². The second-order valence-electron chi connectivity index (χ2n) is 3.49. The number of hydrogen-bond acceptors (Lipinski definition) is 5. The van der Waals surface area contributed by atoms with E-state index in [1.807, 2.05) is 0 Å². The van der Waals surface area contributed by atoms with Crippen LogP contribution in [0.15, 0.2) is 17.5 Å². The normalized spacial score (nSPS) is 11.6. The van der Waals surface area contributed by atoms with Crippen molar-refractivity contribution in [1.29, 1.82) is 0 Å². The maximum Gasteiger partial charge on any atom is 0.187 e. The second-order valence-corrected chi connectivity index (χ2v) is 6.62. The fraction of sp³-hybridized carbons (Fsp3) is 0.500. The van der Waals surface area contributed by atoms with Gasteiger partial charge in [0.2, 0.25) is 0 Å².